The van der Waals surface area contributed by atoms with Gasteiger partial charge in [-0.15, -0.1) is 0 Å². The third-order valence-corrected chi connectivity index (χ3v) is 5.42. The van der Waals surface area contributed by atoms with E-state index in [0.29, 0.717) is 5.92 Å². The Balaban J connectivity index is 1.85. The molecule has 6 nitrogen and oxygen atoms in total. The van der Waals surface area contributed by atoms with Gasteiger partial charge >= 0.3 is 12.1 Å². The topological polar surface area (TPSA) is 67.9 Å². The summed E-state index contributed by atoms with van der Waals surface area (Å²) in [6, 6.07) is 12.6. The summed E-state index contributed by atoms with van der Waals surface area (Å²) in [5.41, 5.74) is 0.906. The monoisotopic (exact) mass is 464 g/mol. The van der Waals surface area contributed by atoms with Gasteiger partial charge in [-0.2, -0.15) is 13.2 Å². The van der Waals surface area contributed by atoms with Gasteiger partial charge in [-0.1, -0.05) is 25.1 Å². The Morgan fingerprint density at radius 2 is 1.91 bits per heavy atom. The predicted molar refractivity (Wildman–Crippen MR) is 119 cm³/mol. The molecule has 3 rings (SSSR count). The second-order valence-corrected chi connectivity index (χ2v) is 8.14. The zero-order chi connectivity index (χ0) is 24.0. The van der Waals surface area contributed by atoms with Crippen molar-refractivity contribution in [3.05, 3.63) is 54.1 Å². The summed E-state index contributed by atoms with van der Waals surface area (Å²) in [6.45, 7) is 3.80. The Morgan fingerprint density at radius 3 is 2.55 bits per heavy atom. The van der Waals surface area contributed by atoms with Gasteiger partial charge < -0.3 is 19.7 Å². The molecule has 0 radical (unpaired) electrons. The lowest BCUT2D eigenvalue weighted by atomic mass is 9.99. The number of para-hydroxylation sites is 1. The number of carbonyl (C=O) groups is 2. The summed E-state index contributed by atoms with van der Waals surface area (Å²) in [5, 5.41) is 2.42. The molecular weight excluding hydrogens is 437 g/mol. The maximum atomic E-state index is 13.1. The van der Waals surface area contributed by atoms with E-state index in [2.05, 4.69) is 17.1 Å². The average molecular weight is 464 g/mol. The SMILES string of the molecule is COC(=O)c1cc(N2CCC[C@@H](C)C2)ccc1NC(=O)[C@H](CC(F)(F)F)Oc1ccccc1. The molecule has 0 unspecified atom stereocenters. The highest BCUT2D eigenvalue weighted by Gasteiger charge is 2.37. The van der Waals surface area contributed by atoms with E-state index in [1.807, 2.05) is 0 Å². The van der Waals surface area contributed by atoms with Crippen LogP contribution in [0.3, 0.4) is 0 Å². The van der Waals surface area contributed by atoms with Crippen LogP contribution in [0.2, 0.25) is 0 Å². The molecule has 1 amide bonds. The molecule has 33 heavy (non-hydrogen) atoms. The third kappa shape index (κ3) is 6.87. The van der Waals surface area contributed by atoms with Crippen molar-refractivity contribution in [3.8, 4) is 5.75 Å². The fourth-order valence-electron chi connectivity index (χ4n) is 3.82. The van der Waals surface area contributed by atoms with Crippen LogP contribution in [-0.2, 0) is 9.53 Å². The second-order valence-electron chi connectivity index (χ2n) is 8.14. The molecule has 0 aliphatic carbocycles. The van der Waals surface area contributed by atoms with E-state index in [-0.39, 0.29) is 17.0 Å². The van der Waals surface area contributed by atoms with Crippen molar-refractivity contribution in [3.63, 3.8) is 0 Å². The number of carbonyl (C=O) groups excluding carboxylic acids is 2. The van der Waals surface area contributed by atoms with Crippen molar-refractivity contribution < 1.29 is 32.2 Å². The molecule has 2 aromatic carbocycles. The fourth-order valence-corrected chi connectivity index (χ4v) is 3.82. The van der Waals surface area contributed by atoms with Crippen LogP contribution in [0.15, 0.2) is 48.5 Å². The van der Waals surface area contributed by atoms with Crippen LogP contribution in [0, 0.1) is 5.92 Å². The van der Waals surface area contributed by atoms with Crippen molar-refractivity contribution in [2.75, 3.05) is 30.4 Å². The molecule has 9 heteroatoms. The molecule has 0 bridgehead atoms. The first-order chi connectivity index (χ1) is 15.7. The number of anilines is 2. The number of hydrogen-bond donors (Lipinski definition) is 1. The van der Waals surface area contributed by atoms with Crippen LogP contribution in [-0.4, -0.2) is 44.4 Å². The van der Waals surface area contributed by atoms with E-state index in [1.54, 1.807) is 30.3 Å². The Labute approximate surface area is 190 Å². The first kappa shape index (κ1) is 24.4. The number of amides is 1. The minimum atomic E-state index is -4.63. The molecule has 1 aliphatic rings. The van der Waals surface area contributed by atoms with Gasteiger partial charge in [0.25, 0.3) is 5.91 Å². The largest absolute Gasteiger partial charge is 0.480 e. The number of alkyl halides is 3. The van der Waals surface area contributed by atoms with Gasteiger partial charge in [0, 0.05) is 18.8 Å². The van der Waals surface area contributed by atoms with Gasteiger partial charge in [-0.25, -0.2) is 4.79 Å². The lowest BCUT2D eigenvalue weighted by Gasteiger charge is -2.33. The molecule has 1 fully saturated rings. The molecule has 0 spiro atoms. The number of nitrogens with one attached hydrogen (secondary N) is 1. The number of halogens is 3. The van der Waals surface area contributed by atoms with Crippen molar-refractivity contribution in [2.45, 2.75) is 38.5 Å². The lowest BCUT2D eigenvalue weighted by Crippen LogP contribution is -2.37. The molecule has 2 atom stereocenters. The van der Waals surface area contributed by atoms with Crippen LogP contribution >= 0.6 is 0 Å². The van der Waals surface area contributed by atoms with E-state index < -0.39 is 30.6 Å². The number of methoxy groups -OCH3 is 1. The molecule has 0 saturated carbocycles. The summed E-state index contributed by atoms with van der Waals surface area (Å²) in [7, 11) is 1.20. The highest BCUT2D eigenvalue weighted by Crippen LogP contribution is 2.29. The summed E-state index contributed by atoms with van der Waals surface area (Å²) in [6.07, 6.45) is -5.80. The third-order valence-electron chi connectivity index (χ3n) is 5.42. The molecule has 178 valence electrons. The minimum absolute atomic E-state index is 0.0597. The zero-order valence-corrected chi connectivity index (χ0v) is 18.5. The Kier molecular flexibility index (Phi) is 7.84. The second kappa shape index (κ2) is 10.6. The molecule has 2 aromatic rings. The van der Waals surface area contributed by atoms with Gasteiger partial charge in [0.2, 0.25) is 0 Å². The number of hydrogen-bond acceptors (Lipinski definition) is 5. The van der Waals surface area contributed by atoms with Gasteiger partial charge in [0.1, 0.15) is 5.75 Å². The van der Waals surface area contributed by atoms with Gasteiger partial charge in [-0.05, 0) is 49.1 Å². The predicted octanol–water partition coefficient (Wildman–Crippen LogP) is 5.05. The summed E-state index contributed by atoms with van der Waals surface area (Å²) in [4.78, 5) is 27.3. The number of piperidine rings is 1. The first-order valence-corrected chi connectivity index (χ1v) is 10.7. The quantitative estimate of drug-likeness (QED) is 0.581. The lowest BCUT2D eigenvalue weighted by molar-refractivity contribution is -0.158. The average Bonchev–Trinajstić information content (AvgIpc) is 2.78. The Morgan fingerprint density at radius 1 is 1.18 bits per heavy atom. The van der Waals surface area contributed by atoms with Crippen LogP contribution in [0.5, 0.6) is 5.75 Å². The number of ether oxygens (including phenoxy) is 2. The molecule has 1 saturated heterocycles. The standard InChI is InChI=1S/C24H27F3N2O4/c1-16-7-6-12-29(15-16)17-10-11-20(19(13-17)23(31)32-2)28-22(30)21(14-24(25,26)27)33-18-8-4-3-5-9-18/h3-5,8-11,13,16,21H,6-7,12,14-15H2,1-2H3,(H,28,30)/t16-,21+/m1/s1. The van der Waals surface area contributed by atoms with Crippen LogP contribution in [0.1, 0.15) is 36.5 Å². The maximum absolute atomic E-state index is 13.1. The van der Waals surface area contributed by atoms with E-state index in [1.165, 1.54) is 25.3 Å². The highest BCUT2D eigenvalue weighted by atomic mass is 19.4. The Bertz CT molecular complexity index is 966. The normalized spacial score (nSPS) is 17.2. The van der Waals surface area contributed by atoms with Crippen molar-refractivity contribution in [2.24, 2.45) is 5.92 Å². The van der Waals surface area contributed by atoms with E-state index in [4.69, 9.17) is 9.47 Å². The molecular formula is C24H27F3N2O4. The minimum Gasteiger partial charge on any atom is -0.480 e. The summed E-state index contributed by atoms with van der Waals surface area (Å²) in [5.74, 6) is -1.09. The molecule has 1 N–H and O–H groups in total. The van der Waals surface area contributed by atoms with Crippen LogP contribution in [0.25, 0.3) is 0 Å². The van der Waals surface area contributed by atoms with Gasteiger partial charge in [0.15, 0.2) is 6.10 Å². The van der Waals surface area contributed by atoms with Gasteiger partial charge in [-0.3, -0.25) is 4.79 Å². The zero-order valence-electron chi connectivity index (χ0n) is 18.5. The summed E-state index contributed by atoms with van der Waals surface area (Å²) < 4.78 is 49.5. The van der Waals surface area contributed by atoms with E-state index in [0.717, 1.165) is 31.6 Å². The summed E-state index contributed by atoms with van der Waals surface area (Å²) >= 11 is 0. The smallest absolute Gasteiger partial charge is 0.393 e. The van der Waals surface area contributed by atoms with Crippen LogP contribution in [0.4, 0.5) is 24.5 Å². The number of rotatable bonds is 7. The van der Waals surface area contributed by atoms with Crippen molar-refractivity contribution in [1.29, 1.82) is 0 Å². The number of nitrogens with zero attached hydrogens (tertiary/aromatic N) is 1. The molecule has 1 aliphatic heterocycles. The van der Waals surface area contributed by atoms with Crippen LogP contribution < -0.4 is 15.0 Å². The van der Waals surface area contributed by atoms with Crippen molar-refractivity contribution in [1.82, 2.24) is 0 Å². The highest BCUT2D eigenvalue weighted by molar-refractivity contribution is 6.03. The Hall–Kier alpha value is -3.23. The van der Waals surface area contributed by atoms with E-state index >= 15 is 0 Å². The number of esters is 1. The number of benzene rings is 2. The van der Waals surface area contributed by atoms with E-state index in [9.17, 15) is 22.8 Å². The maximum Gasteiger partial charge on any atom is 0.393 e. The van der Waals surface area contributed by atoms with Crippen molar-refractivity contribution >= 4 is 23.3 Å². The fraction of sp³-hybridized carbons (Fsp3) is 0.417. The van der Waals surface area contributed by atoms with Gasteiger partial charge in [0.05, 0.1) is 24.8 Å². The first-order valence-electron chi connectivity index (χ1n) is 10.7. The molecule has 0 aromatic heterocycles. The molecule has 1 heterocycles.